The smallest absolute Gasteiger partial charge is 0.416 e. The van der Waals surface area contributed by atoms with Crippen molar-refractivity contribution in [2.24, 2.45) is 5.92 Å². The van der Waals surface area contributed by atoms with Gasteiger partial charge >= 0.3 is 6.18 Å². The topological polar surface area (TPSA) is 133 Å². The second-order valence-corrected chi connectivity index (χ2v) is 16.9. The summed E-state index contributed by atoms with van der Waals surface area (Å²) >= 11 is 44.7. The molecule has 0 atom stereocenters. The van der Waals surface area contributed by atoms with E-state index < -0.39 is 11.7 Å². The number of phenols is 3. The van der Waals surface area contributed by atoms with Gasteiger partial charge < -0.3 is 47.2 Å². The minimum absolute atomic E-state index is 0.0118. The number of alkyl halides is 3. The lowest BCUT2D eigenvalue weighted by Crippen LogP contribution is -2.33. The molecule has 330 valence electrons. The number of halogens is 8. The Morgan fingerprint density at radius 1 is 0.532 bits per heavy atom. The van der Waals surface area contributed by atoms with Gasteiger partial charge in [-0.05, 0) is 146 Å². The van der Waals surface area contributed by atoms with Crippen LogP contribution in [0.2, 0.25) is 25.1 Å². The zero-order chi connectivity index (χ0) is 45.4. The number of nitrogens with one attached hydrogen (secondary N) is 6. The molecule has 0 radical (unpaired) electrons. The standard InChI is InChI=1S/C15H12ClF3N2OS.C14H19ClN2OS.C13H9Cl3N2OS/c16-12-7-11(5-6-13(12)22)21-14(23)20-8-9-1-3-10(4-2-9)15(17,18)19;15-12-8-11(6-7-13(12)18)17-14(19)16-9-10-4-2-1-3-5-10;14-7-3-8(15)5-10(4-7)18-13(20)17-9-1-2-12(19)11(16)6-9/h1-7,22H,8H2,(H2,20,21,23);6-8,10,18H,1-5,9H2,(H2,16,17,19);1-6,19H,(H2,17,18,20). The molecule has 0 aromatic heterocycles. The number of anilines is 4. The Kier molecular flexibility index (Phi) is 20.0. The summed E-state index contributed by atoms with van der Waals surface area (Å²) in [4.78, 5) is 0. The fraction of sp³-hybridized carbons (Fsp3) is 0.214. The number of hydrogen-bond acceptors (Lipinski definition) is 6. The van der Waals surface area contributed by atoms with E-state index in [1.807, 2.05) is 0 Å². The zero-order valence-corrected chi connectivity index (χ0v) is 38.6. The average Bonchev–Trinajstić information content (AvgIpc) is 3.21. The van der Waals surface area contributed by atoms with Crippen LogP contribution in [0.25, 0.3) is 0 Å². The van der Waals surface area contributed by atoms with Gasteiger partial charge in [0.05, 0.1) is 20.6 Å². The van der Waals surface area contributed by atoms with Gasteiger partial charge in [0.1, 0.15) is 17.2 Å². The van der Waals surface area contributed by atoms with Crippen LogP contribution in [0.1, 0.15) is 43.2 Å². The third-order valence-corrected chi connectivity index (χ3v) is 10.8. The Balaban J connectivity index is 0.000000205. The Labute approximate surface area is 398 Å². The predicted octanol–water partition coefficient (Wildman–Crippen LogP) is 13.6. The molecule has 0 aliphatic heterocycles. The predicted molar refractivity (Wildman–Crippen MR) is 261 cm³/mol. The lowest BCUT2D eigenvalue weighted by atomic mass is 9.89. The molecule has 9 N–H and O–H groups in total. The molecule has 0 spiro atoms. The Bertz CT molecular complexity index is 2300. The maximum Gasteiger partial charge on any atom is 0.416 e. The van der Waals surface area contributed by atoms with Crippen molar-refractivity contribution in [3.63, 3.8) is 0 Å². The highest BCUT2D eigenvalue weighted by Gasteiger charge is 2.29. The van der Waals surface area contributed by atoms with Crippen LogP contribution in [-0.4, -0.2) is 37.2 Å². The first-order valence-corrected chi connectivity index (χ1v) is 21.7. The summed E-state index contributed by atoms with van der Waals surface area (Å²) in [6.45, 7) is 1.20. The van der Waals surface area contributed by atoms with Crippen molar-refractivity contribution in [3.05, 3.63) is 133 Å². The first kappa shape index (κ1) is 50.5. The summed E-state index contributed by atoms with van der Waals surface area (Å²) in [5.41, 5.74) is 2.65. The van der Waals surface area contributed by atoms with Crippen LogP contribution in [0, 0.1) is 5.92 Å². The van der Waals surface area contributed by atoms with E-state index in [4.69, 9.17) is 94.7 Å². The van der Waals surface area contributed by atoms with Gasteiger partial charge in [-0.1, -0.05) is 89.4 Å². The molecule has 0 saturated heterocycles. The molecule has 9 nitrogen and oxygen atoms in total. The molecule has 1 aliphatic carbocycles. The highest BCUT2D eigenvalue weighted by Crippen LogP contribution is 2.31. The van der Waals surface area contributed by atoms with Crippen molar-refractivity contribution in [2.75, 3.05) is 27.8 Å². The van der Waals surface area contributed by atoms with Crippen LogP contribution in [0.15, 0.2) is 97.1 Å². The van der Waals surface area contributed by atoms with Gasteiger partial charge in [-0.25, -0.2) is 0 Å². The average molecular weight is 1010 g/mol. The van der Waals surface area contributed by atoms with Crippen molar-refractivity contribution in [1.82, 2.24) is 10.6 Å². The van der Waals surface area contributed by atoms with E-state index in [1.54, 1.807) is 54.6 Å². The van der Waals surface area contributed by atoms with Crippen molar-refractivity contribution in [1.29, 1.82) is 0 Å². The number of hydrogen-bond donors (Lipinski definition) is 9. The summed E-state index contributed by atoms with van der Waals surface area (Å²) in [5, 5.41) is 48.9. The minimum atomic E-state index is -4.35. The highest BCUT2D eigenvalue weighted by molar-refractivity contribution is 7.81. The van der Waals surface area contributed by atoms with Crippen LogP contribution in [-0.2, 0) is 12.7 Å². The quantitative estimate of drug-likeness (QED) is 0.0542. The summed E-state index contributed by atoms with van der Waals surface area (Å²) in [7, 11) is 0. The Hall–Kier alpha value is -4.19. The van der Waals surface area contributed by atoms with Gasteiger partial charge in [0.15, 0.2) is 15.3 Å². The van der Waals surface area contributed by atoms with E-state index in [9.17, 15) is 28.5 Å². The fourth-order valence-corrected chi connectivity index (χ4v) is 7.34. The third kappa shape index (κ3) is 17.9. The van der Waals surface area contributed by atoms with E-state index in [0.717, 1.165) is 30.3 Å². The van der Waals surface area contributed by atoms with Crippen LogP contribution in [0.3, 0.4) is 0 Å². The van der Waals surface area contributed by atoms with Gasteiger partial charge in [0, 0.05) is 45.9 Å². The first-order valence-electron chi connectivity index (χ1n) is 18.6. The number of phenolic OH excluding ortho intramolecular Hbond substituents is 3. The van der Waals surface area contributed by atoms with Crippen molar-refractivity contribution >= 4 is 133 Å². The summed E-state index contributed by atoms with van der Waals surface area (Å²) in [6, 6.07) is 24.0. The van der Waals surface area contributed by atoms with Gasteiger partial charge in [-0.3, -0.25) is 0 Å². The maximum atomic E-state index is 12.5. The number of rotatable bonds is 8. The van der Waals surface area contributed by atoms with Gasteiger partial charge in [-0.15, -0.1) is 0 Å². The fourth-order valence-electron chi connectivity index (χ4n) is 5.65. The molecule has 5 aromatic rings. The minimum Gasteiger partial charge on any atom is -0.506 e. The van der Waals surface area contributed by atoms with Crippen molar-refractivity contribution in [2.45, 2.75) is 44.8 Å². The van der Waals surface area contributed by atoms with E-state index in [2.05, 4.69) is 31.9 Å². The second-order valence-electron chi connectivity index (χ2n) is 13.6. The van der Waals surface area contributed by atoms with Crippen LogP contribution in [0.5, 0.6) is 17.2 Å². The van der Waals surface area contributed by atoms with E-state index in [-0.39, 0.29) is 39.0 Å². The zero-order valence-electron chi connectivity index (χ0n) is 32.4. The summed E-state index contributed by atoms with van der Waals surface area (Å²) in [6.07, 6.45) is 2.27. The molecular formula is C42H40Cl5F3N6O3S3. The molecule has 1 fully saturated rings. The molecule has 20 heteroatoms. The molecule has 0 bridgehead atoms. The maximum absolute atomic E-state index is 12.5. The lowest BCUT2D eigenvalue weighted by molar-refractivity contribution is -0.137. The van der Waals surface area contributed by atoms with E-state index >= 15 is 0 Å². The number of thiocarbonyl (C=S) groups is 3. The van der Waals surface area contributed by atoms with E-state index in [1.165, 1.54) is 62.4 Å². The van der Waals surface area contributed by atoms with E-state index in [0.29, 0.717) is 47.9 Å². The third-order valence-electron chi connectivity index (χ3n) is 8.75. The molecule has 62 heavy (non-hydrogen) atoms. The van der Waals surface area contributed by atoms with Gasteiger partial charge in [-0.2, -0.15) is 13.2 Å². The SMILES string of the molecule is Oc1ccc(NC(=S)NCC2CCCCC2)cc1Cl.Oc1ccc(NC(=S)NCc2ccc(C(F)(F)F)cc2)cc1Cl.Oc1ccc(NC(=S)Nc2cc(Cl)cc(Cl)c2)cc1Cl. The second kappa shape index (κ2) is 24.6. The molecule has 5 aromatic carbocycles. The van der Waals surface area contributed by atoms with Crippen LogP contribution >= 0.6 is 94.7 Å². The number of aromatic hydroxyl groups is 3. The van der Waals surface area contributed by atoms with Crippen LogP contribution in [0.4, 0.5) is 35.9 Å². The molecule has 0 unspecified atom stereocenters. The Morgan fingerprint density at radius 3 is 1.39 bits per heavy atom. The van der Waals surface area contributed by atoms with Crippen molar-refractivity contribution in [3.8, 4) is 17.2 Å². The largest absolute Gasteiger partial charge is 0.506 e. The highest BCUT2D eigenvalue weighted by atomic mass is 35.5. The van der Waals surface area contributed by atoms with Crippen LogP contribution < -0.4 is 31.9 Å². The number of benzene rings is 5. The van der Waals surface area contributed by atoms with Crippen molar-refractivity contribution < 1.29 is 28.5 Å². The molecular weight excluding hydrogens is 967 g/mol. The monoisotopic (exact) mass is 1000 g/mol. The lowest BCUT2D eigenvalue weighted by Gasteiger charge is -2.22. The first-order chi connectivity index (χ1) is 29.3. The van der Waals surface area contributed by atoms with Gasteiger partial charge in [0.25, 0.3) is 0 Å². The molecule has 6 rings (SSSR count). The normalized spacial score (nSPS) is 12.3. The molecule has 0 heterocycles. The summed E-state index contributed by atoms with van der Waals surface area (Å²) in [5.74, 6) is 0.781. The summed E-state index contributed by atoms with van der Waals surface area (Å²) < 4.78 is 37.4. The molecule has 1 saturated carbocycles. The molecule has 0 amide bonds. The van der Waals surface area contributed by atoms with Gasteiger partial charge in [0.2, 0.25) is 0 Å². The molecule has 1 aliphatic rings. The Morgan fingerprint density at radius 2 is 0.952 bits per heavy atom.